The van der Waals surface area contributed by atoms with Crippen LogP contribution in [0.4, 0.5) is 10.2 Å². The number of nitrogens with one attached hydrogen (secondary N) is 1. The quantitative estimate of drug-likeness (QED) is 0.566. The third-order valence-corrected chi connectivity index (χ3v) is 6.18. The molecule has 4 atom stereocenters. The molecule has 9 heteroatoms. The zero-order chi connectivity index (χ0) is 19.5. The molecule has 2 fully saturated rings. The molecule has 2 saturated carbocycles. The van der Waals surface area contributed by atoms with Gasteiger partial charge in [-0.2, -0.15) is 9.97 Å². The fraction of sp³-hybridized carbons (Fsp3) is 0.421. The van der Waals surface area contributed by atoms with Crippen LogP contribution in [-0.2, 0) is 13.1 Å². The minimum Gasteiger partial charge on any atom is -0.390 e. The lowest BCUT2D eigenvalue weighted by Gasteiger charge is -2.21. The number of fused-ring (bicyclic) bond motifs is 2. The monoisotopic (exact) mass is 403 g/mol. The van der Waals surface area contributed by atoms with Crippen molar-refractivity contribution in [3.8, 4) is 0 Å². The standard InChI is InChI=1S/C19H19ClFN5O2/c20-18-24-16(22-7-10-2-1-3-12(21)4-10)14-17(25-18)26(9-23-14)8-19-6-11(19)5-13(27)15(19)28/h1-4,9,11,13,15,27-28H,5-8H2,(H,22,24,25)/t11-,13-,15-,19-/m1/s1. The molecule has 5 rings (SSSR count). The number of benzene rings is 1. The number of aromatic nitrogens is 4. The van der Waals surface area contributed by atoms with E-state index in [-0.39, 0.29) is 16.5 Å². The van der Waals surface area contributed by atoms with Crippen molar-refractivity contribution >= 4 is 28.6 Å². The molecule has 28 heavy (non-hydrogen) atoms. The van der Waals surface area contributed by atoms with Gasteiger partial charge >= 0.3 is 0 Å². The average Bonchev–Trinajstić information content (AvgIpc) is 3.11. The van der Waals surface area contributed by atoms with Gasteiger partial charge in [0.05, 0.1) is 18.5 Å². The lowest BCUT2D eigenvalue weighted by Crippen LogP contribution is -2.32. The molecule has 3 N–H and O–H groups in total. The first-order valence-electron chi connectivity index (χ1n) is 9.19. The second-order valence-electron chi connectivity index (χ2n) is 7.75. The molecule has 0 unspecified atom stereocenters. The highest BCUT2D eigenvalue weighted by molar-refractivity contribution is 6.28. The molecular weight excluding hydrogens is 385 g/mol. The van der Waals surface area contributed by atoms with E-state index in [2.05, 4.69) is 20.3 Å². The predicted octanol–water partition coefficient (Wildman–Crippen LogP) is 2.36. The van der Waals surface area contributed by atoms with Crippen LogP contribution < -0.4 is 5.32 Å². The van der Waals surface area contributed by atoms with Crippen LogP contribution in [-0.4, -0.2) is 41.9 Å². The van der Waals surface area contributed by atoms with Crippen molar-refractivity contribution in [1.29, 1.82) is 0 Å². The molecule has 0 saturated heterocycles. The van der Waals surface area contributed by atoms with Crippen LogP contribution in [0.3, 0.4) is 0 Å². The lowest BCUT2D eigenvalue weighted by atomic mass is 9.99. The van der Waals surface area contributed by atoms with Crippen molar-refractivity contribution in [3.05, 3.63) is 47.3 Å². The van der Waals surface area contributed by atoms with Gasteiger partial charge in [-0.1, -0.05) is 12.1 Å². The maximum Gasteiger partial charge on any atom is 0.226 e. The highest BCUT2D eigenvalue weighted by Crippen LogP contribution is 2.64. The van der Waals surface area contributed by atoms with Gasteiger partial charge in [-0.15, -0.1) is 0 Å². The summed E-state index contributed by atoms with van der Waals surface area (Å²) >= 11 is 6.12. The van der Waals surface area contributed by atoms with Gasteiger partial charge in [-0.3, -0.25) is 0 Å². The Morgan fingerprint density at radius 2 is 2.18 bits per heavy atom. The summed E-state index contributed by atoms with van der Waals surface area (Å²) in [6, 6.07) is 6.30. The van der Waals surface area contributed by atoms with E-state index in [9.17, 15) is 14.6 Å². The number of nitrogens with zero attached hydrogens (tertiary/aromatic N) is 4. The largest absolute Gasteiger partial charge is 0.390 e. The summed E-state index contributed by atoms with van der Waals surface area (Å²) in [5.74, 6) is 0.484. The maximum atomic E-state index is 13.4. The van der Waals surface area contributed by atoms with Gasteiger partial charge < -0.3 is 20.1 Å². The lowest BCUT2D eigenvalue weighted by molar-refractivity contribution is -0.00664. The Kier molecular flexibility index (Phi) is 4.04. The van der Waals surface area contributed by atoms with E-state index in [0.717, 1.165) is 12.0 Å². The maximum absolute atomic E-state index is 13.4. The summed E-state index contributed by atoms with van der Waals surface area (Å²) in [6.07, 6.45) is 1.76. The number of rotatable bonds is 5. The third-order valence-electron chi connectivity index (χ3n) is 6.01. The molecular formula is C19H19ClFN5O2. The molecule has 2 aromatic heterocycles. The van der Waals surface area contributed by atoms with Crippen LogP contribution in [0.25, 0.3) is 11.2 Å². The van der Waals surface area contributed by atoms with Gasteiger partial charge in [0.25, 0.3) is 0 Å². The van der Waals surface area contributed by atoms with Crippen molar-refractivity contribution < 1.29 is 14.6 Å². The summed E-state index contributed by atoms with van der Waals surface area (Å²) in [5, 5.41) is 23.5. The first-order chi connectivity index (χ1) is 13.5. The van der Waals surface area contributed by atoms with E-state index in [1.54, 1.807) is 12.4 Å². The van der Waals surface area contributed by atoms with Crippen LogP contribution in [0.1, 0.15) is 18.4 Å². The number of aliphatic hydroxyl groups is 2. The van der Waals surface area contributed by atoms with Crippen molar-refractivity contribution in [1.82, 2.24) is 19.5 Å². The zero-order valence-electron chi connectivity index (χ0n) is 14.9. The van der Waals surface area contributed by atoms with E-state index in [0.29, 0.717) is 42.4 Å². The summed E-state index contributed by atoms with van der Waals surface area (Å²) in [4.78, 5) is 13.0. The molecule has 7 nitrogen and oxygen atoms in total. The first-order valence-corrected chi connectivity index (χ1v) is 9.57. The zero-order valence-corrected chi connectivity index (χ0v) is 15.6. The van der Waals surface area contributed by atoms with E-state index in [1.165, 1.54) is 12.1 Å². The van der Waals surface area contributed by atoms with Gasteiger partial charge in [-0.05, 0) is 48.1 Å². The third kappa shape index (κ3) is 2.83. The van der Waals surface area contributed by atoms with Crippen LogP contribution >= 0.6 is 11.6 Å². The normalized spacial score (nSPS) is 28.5. The number of hydrogen-bond acceptors (Lipinski definition) is 6. The van der Waals surface area contributed by atoms with Crippen molar-refractivity contribution in [2.24, 2.45) is 11.3 Å². The SMILES string of the molecule is O[C@@H]1C[C@@H]2C[C@]2(Cn2cnc3c(NCc4cccc(F)c4)nc(Cl)nc32)[C@@H]1O. The molecule has 1 aromatic carbocycles. The second-order valence-corrected chi connectivity index (χ2v) is 8.09. The Morgan fingerprint density at radius 3 is 2.93 bits per heavy atom. The van der Waals surface area contributed by atoms with Crippen LogP contribution in [0, 0.1) is 17.2 Å². The first kappa shape index (κ1) is 17.8. The Bertz CT molecular complexity index is 1060. The molecule has 0 spiro atoms. The van der Waals surface area contributed by atoms with Gasteiger partial charge in [0.1, 0.15) is 5.82 Å². The summed E-state index contributed by atoms with van der Waals surface area (Å²) < 4.78 is 15.2. The fourth-order valence-corrected chi connectivity index (χ4v) is 4.64. The Balaban J connectivity index is 1.43. The number of aliphatic hydroxyl groups excluding tert-OH is 2. The molecule has 0 radical (unpaired) electrons. The minimum absolute atomic E-state index is 0.0767. The highest BCUT2D eigenvalue weighted by Gasteiger charge is 2.66. The predicted molar refractivity (Wildman–Crippen MR) is 101 cm³/mol. The number of imidazole rings is 1. The minimum atomic E-state index is -0.738. The van der Waals surface area contributed by atoms with E-state index in [4.69, 9.17) is 11.6 Å². The molecule has 0 aliphatic heterocycles. The molecule has 146 valence electrons. The van der Waals surface area contributed by atoms with Gasteiger partial charge in [-0.25, -0.2) is 9.37 Å². The van der Waals surface area contributed by atoms with Crippen LogP contribution in [0.2, 0.25) is 5.28 Å². The number of anilines is 1. The van der Waals surface area contributed by atoms with Crippen molar-refractivity contribution in [2.75, 3.05) is 5.32 Å². The van der Waals surface area contributed by atoms with E-state index < -0.39 is 12.2 Å². The summed E-state index contributed by atoms with van der Waals surface area (Å²) in [6.45, 7) is 0.882. The van der Waals surface area contributed by atoms with Crippen molar-refractivity contribution in [3.63, 3.8) is 0 Å². The number of halogens is 2. The summed E-state index contributed by atoms with van der Waals surface area (Å²) in [7, 11) is 0. The van der Waals surface area contributed by atoms with Crippen LogP contribution in [0.15, 0.2) is 30.6 Å². The second kappa shape index (κ2) is 6.37. The molecule has 0 bridgehead atoms. The fourth-order valence-electron chi connectivity index (χ4n) is 4.48. The van der Waals surface area contributed by atoms with Gasteiger partial charge in [0.2, 0.25) is 5.28 Å². The molecule has 2 aliphatic rings. The molecule has 3 aromatic rings. The Hall–Kier alpha value is -2.29. The summed E-state index contributed by atoms with van der Waals surface area (Å²) in [5.41, 5.74) is 1.57. The molecule has 2 aliphatic carbocycles. The van der Waals surface area contributed by atoms with Gasteiger partial charge in [0.15, 0.2) is 17.0 Å². The Labute approximate surface area is 165 Å². The van der Waals surface area contributed by atoms with E-state index >= 15 is 0 Å². The molecule has 0 amide bonds. The van der Waals surface area contributed by atoms with Crippen molar-refractivity contribution in [2.45, 2.75) is 38.1 Å². The average molecular weight is 404 g/mol. The Morgan fingerprint density at radius 1 is 1.32 bits per heavy atom. The van der Waals surface area contributed by atoms with Crippen LogP contribution in [0.5, 0.6) is 0 Å². The highest BCUT2D eigenvalue weighted by atomic mass is 35.5. The number of hydrogen-bond donors (Lipinski definition) is 3. The smallest absolute Gasteiger partial charge is 0.226 e. The molecule has 2 heterocycles. The van der Waals surface area contributed by atoms with E-state index in [1.807, 2.05) is 10.6 Å². The topological polar surface area (TPSA) is 96.1 Å². The van der Waals surface area contributed by atoms with Gasteiger partial charge in [0, 0.05) is 18.5 Å².